The molecule has 1 aliphatic carbocycles. The molecule has 2 saturated heterocycles. The Bertz CT molecular complexity index is 544. The standard InChI is InChI=1S/C17H31N3O2S2/c1-2-16-12-20(8-9-23-16)17(19-15-5-3-4-6-15)18-11-14-7-10-24(21,22)13-14/h14-16H,2-13H2,1H3,(H,18,19). The van der Waals surface area contributed by atoms with Gasteiger partial charge >= 0.3 is 0 Å². The summed E-state index contributed by atoms with van der Waals surface area (Å²) in [4.78, 5) is 7.29. The van der Waals surface area contributed by atoms with E-state index in [1.807, 2.05) is 0 Å². The fourth-order valence-corrected chi connectivity index (χ4v) is 6.91. The number of nitrogens with one attached hydrogen (secondary N) is 1. The van der Waals surface area contributed by atoms with Gasteiger partial charge in [0, 0.05) is 36.7 Å². The van der Waals surface area contributed by atoms with E-state index in [2.05, 4.69) is 28.9 Å². The summed E-state index contributed by atoms with van der Waals surface area (Å²) in [6.07, 6.45) is 7.04. The van der Waals surface area contributed by atoms with Gasteiger partial charge < -0.3 is 10.2 Å². The van der Waals surface area contributed by atoms with Crippen molar-refractivity contribution in [2.45, 2.75) is 56.7 Å². The van der Waals surface area contributed by atoms with Crippen LogP contribution in [0, 0.1) is 5.92 Å². The maximum atomic E-state index is 11.7. The van der Waals surface area contributed by atoms with Gasteiger partial charge in [-0.3, -0.25) is 4.99 Å². The van der Waals surface area contributed by atoms with Crippen LogP contribution in [0.2, 0.25) is 0 Å². The molecule has 2 unspecified atom stereocenters. The van der Waals surface area contributed by atoms with E-state index < -0.39 is 9.84 Å². The smallest absolute Gasteiger partial charge is 0.194 e. The number of aliphatic imine (C=N–C) groups is 1. The Labute approximate surface area is 151 Å². The van der Waals surface area contributed by atoms with Crippen LogP contribution < -0.4 is 5.32 Å². The molecule has 2 aliphatic heterocycles. The highest BCUT2D eigenvalue weighted by molar-refractivity contribution is 8.00. The van der Waals surface area contributed by atoms with Crippen molar-refractivity contribution in [2.24, 2.45) is 10.9 Å². The fourth-order valence-electron chi connectivity index (χ4n) is 3.88. The zero-order chi connectivity index (χ0) is 17.0. The van der Waals surface area contributed by atoms with Crippen molar-refractivity contribution in [3.63, 3.8) is 0 Å². The number of sulfone groups is 1. The van der Waals surface area contributed by atoms with Gasteiger partial charge in [0.05, 0.1) is 11.5 Å². The van der Waals surface area contributed by atoms with Crippen LogP contribution in [0.4, 0.5) is 0 Å². The van der Waals surface area contributed by atoms with Crippen molar-refractivity contribution in [1.82, 2.24) is 10.2 Å². The lowest BCUT2D eigenvalue weighted by molar-refractivity contribution is 0.396. The zero-order valence-electron chi connectivity index (χ0n) is 14.7. The lowest BCUT2D eigenvalue weighted by Gasteiger charge is -2.35. The third-order valence-electron chi connectivity index (χ3n) is 5.41. The minimum absolute atomic E-state index is 0.205. The number of nitrogens with zero attached hydrogens (tertiary/aromatic N) is 2. The third kappa shape index (κ3) is 5.04. The van der Waals surface area contributed by atoms with Crippen LogP contribution in [-0.2, 0) is 9.84 Å². The van der Waals surface area contributed by atoms with Gasteiger partial charge in [-0.15, -0.1) is 0 Å². The molecule has 7 heteroatoms. The normalized spacial score (nSPS) is 31.5. The number of hydrogen-bond acceptors (Lipinski definition) is 4. The Balaban J connectivity index is 1.65. The first-order valence-electron chi connectivity index (χ1n) is 9.43. The van der Waals surface area contributed by atoms with E-state index in [0.29, 0.717) is 29.3 Å². The lowest BCUT2D eigenvalue weighted by Crippen LogP contribution is -2.50. The predicted molar refractivity (Wildman–Crippen MR) is 103 cm³/mol. The molecule has 2 heterocycles. The Hall–Kier alpha value is -0.430. The van der Waals surface area contributed by atoms with Crippen molar-refractivity contribution < 1.29 is 8.42 Å². The summed E-state index contributed by atoms with van der Waals surface area (Å²) in [6.45, 7) is 5.01. The summed E-state index contributed by atoms with van der Waals surface area (Å²) in [5, 5.41) is 4.37. The Morgan fingerprint density at radius 3 is 2.75 bits per heavy atom. The molecule has 3 fully saturated rings. The summed E-state index contributed by atoms with van der Waals surface area (Å²) in [7, 11) is -2.81. The predicted octanol–water partition coefficient (Wildman–Crippen LogP) is 2.14. The van der Waals surface area contributed by atoms with Gasteiger partial charge in [-0.1, -0.05) is 19.8 Å². The Morgan fingerprint density at radius 1 is 1.29 bits per heavy atom. The molecular formula is C17H31N3O2S2. The quantitative estimate of drug-likeness (QED) is 0.604. The molecule has 0 aromatic heterocycles. The summed E-state index contributed by atoms with van der Waals surface area (Å²) >= 11 is 2.07. The van der Waals surface area contributed by atoms with Crippen molar-refractivity contribution in [2.75, 3.05) is 36.9 Å². The van der Waals surface area contributed by atoms with Gasteiger partial charge in [0.1, 0.15) is 0 Å². The Kier molecular flexibility index (Phi) is 6.35. The monoisotopic (exact) mass is 373 g/mol. The first kappa shape index (κ1) is 18.4. The minimum atomic E-state index is -2.81. The largest absolute Gasteiger partial charge is 0.354 e. The molecule has 1 saturated carbocycles. The van der Waals surface area contributed by atoms with E-state index in [0.717, 1.165) is 31.2 Å². The van der Waals surface area contributed by atoms with E-state index in [1.165, 1.54) is 32.1 Å². The molecule has 3 rings (SSSR count). The second-order valence-electron chi connectivity index (χ2n) is 7.41. The highest BCUT2D eigenvalue weighted by Crippen LogP contribution is 2.23. The number of guanidine groups is 1. The van der Waals surface area contributed by atoms with Gasteiger partial charge in [-0.05, 0) is 31.6 Å². The second kappa shape index (κ2) is 8.30. The molecule has 0 bridgehead atoms. The van der Waals surface area contributed by atoms with Gasteiger partial charge in [0.25, 0.3) is 0 Å². The molecule has 0 spiro atoms. The molecule has 0 aromatic carbocycles. The van der Waals surface area contributed by atoms with E-state index in [-0.39, 0.29) is 5.92 Å². The van der Waals surface area contributed by atoms with Crippen LogP contribution in [-0.4, -0.2) is 67.5 Å². The molecule has 24 heavy (non-hydrogen) atoms. The summed E-state index contributed by atoms with van der Waals surface area (Å²) in [5.74, 6) is 3.06. The average Bonchev–Trinajstić information content (AvgIpc) is 3.20. The van der Waals surface area contributed by atoms with Crippen molar-refractivity contribution in [3.05, 3.63) is 0 Å². The summed E-state index contributed by atoms with van der Waals surface area (Å²) in [6, 6.07) is 0.547. The SMILES string of the molecule is CCC1CN(C(=NCC2CCS(=O)(=O)C2)NC2CCCC2)CCS1. The molecule has 3 aliphatic rings. The van der Waals surface area contributed by atoms with E-state index in [9.17, 15) is 8.42 Å². The topological polar surface area (TPSA) is 61.8 Å². The van der Waals surface area contributed by atoms with Gasteiger partial charge in [0.15, 0.2) is 15.8 Å². The van der Waals surface area contributed by atoms with Crippen LogP contribution in [0.1, 0.15) is 45.4 Å². The summed E-state index contributed by atoms with van der Waals surface area (Å²) in [5.41, 5.74) is 0. The first-order chi connectivity index (χ1) is 11.6. The lowest BCUT2D eigenvalue weighted by atomic mass is 10.1. The number of hydrogen-bond donors (Lipinski definition) is 1. The second-order valence-corrected chi connectivity index (χ2v) is 11.0. The number of rotatable bonds is 4. The van der Waals surface area contributed by atoms with Gasteiger partial charge in [-0.25, -0.2) is 8.42 Å². The van der Waals surface area contributed by atoms with E-state index >= 15 is 0 Å². The van der Waals surface area contributed by atoms with Gasteiger partial charge in [-0.2, -0.15) is 11.8 Å². The van der Waals surface area contributed by atoms with Crippen molar-refractivity contribution >= 4 is 27.6 Å². The molecule has 2 atom stereocenters. The fraction of sp³-hybridized carbons (Fsp3) is 0.941. The third-order valence-corrected chi connectivity index (χ3v) is 8.62. The molecule has 0 aromatic rings. The summed E-state index contributed by atoms with van der Waals surface area (Å²) < 4.78 is 23.3. The molecule has 5 nitrogen and oxygen atoms in total. The highest BCUT2D eigenvalue weighted by Gasteiger charge is 2.29. The maximum Gasteiger partial charge on any atom is 0.194 e. The van der Waals surface area contributed by atoms with Crippen LogP contribution in [0.3, 0.4) is 0 Å². The minimum Gasteiger partial charge on any atom is -0.354 e. The molecule has 0 radical (unpaired) electrons. The van der Waals surface area contributed by atoms with E-state index in [1.54, 1.807) is 0 Å². The maximum absolute atomic E-state index is 11.7. The van der Waals surface area contributed by atoms with Gasteiger partial charge in [0.2, 0.25) is 0 Å². The van der Waals surface area contributed by atoms with Crippen molar-refractivity contribution in [3.8, 4) is 0 Å². The number of thioether (sulfide) groups is 1. The molecule has 0 amide bonds. The van der Waals surface area contributed by atoms with Crippen LogP contribution >= 0.6 is 11.8 Å². The molecular weight excluding hydrogens is 342 g/mol. The Morgan fingerprint density at radius 2 is 2.08 bits per heavy atom. The molecule has 1 N–H and O–H groups in total. The van der Waals surface area contributed by atoms with Crippen LogP contribution in [0.15, 0.2) is 4.99 Å². The molecule has 138 valence electrons. The van der Waals surface area contributed by atoms with Crippen LogP contribution in [0.5, 0.6) is 0 Å². The zero-order valence-corrected chi connectivity index (χ0v) is 16.4. The van der Waals surface area contributed by atoms with E-state index in [4.69, 9.17) is 4.99 Å². The first-order valence-corrected chi connectivity index (χ1v) is 12.3. The van der Waals surface area contributed by atoms with Crippen molar-refractivity contribution in [1.29, 1.82) is 0 Å². The average molecular weight is 374 g/mol. The highest BCUT2D eigenvalue weighted by atomic mass is 32.2. The van der Waals surface area contributed by atoms with Crippen LogP contribution in [0.25, 0.3) is 0 Å².